The summed E-state index contributed by atoms with van der Waals surface area (Å²) in [6.45, 7) is -1.57. The third-order valence-corrected chi connectivity index (χ3v) is 4.68. The summed E-state index contributed by atoms with van der Waals surface area (Å²) in [5.41, 5.74) is -0.698. The van der Waals surface area contributed by atoms with E-state index in [0.29, 0.717) is 17.6 Å². The lowest BCUT2D eigenvalue weighted by atomic mass is 10.1. The fourth-order valence-corrected chi connectivity index (χ4v) is 3.32. The van der Waals surface area contributed by atoms with Crippen LogP contribution in [0.2, 0.25) is 5.15 Å². The lowest BCUT2D eigenvalue weighted by molar-refractivity contribution is -0.115. The van der Waals surface area contributed by atoms with Crippen LogP contribution in [0.15, 0.2) is 48.5 Å². The third kappa shape index (κ3) is 4.45. The van der Waals surface area contributed by atoms with Gasteiger partial charge in [0.2, 0.25) is 0 Å². The minimum absolute atomic E-state index is 0.169. The van der Waals surface area contributed by atoms with E-state index in [9.17, 15) is 26.3 Å². The van der Waals surface area contributed by atoms with Crippen LogP contribution >= 0.6 is 11.6 Å². The van der Waals surface area contributed by atoms with E-state index in [-0.39, 0.29) is 11.5 Å². The van der Waals surface area contributed by atoms with Gasteiger partial charge in [-0.05, 0) is 12.1 Å². The number of rotatable bonds is 4. The normalized spacial score (nSPS) is 11.7. The van der Waals surface area contributed by atoms with Gasteiger partial charge in [-0.25, -0.2) is 28.1 Å². The molecule has 4 rings (SSSR count). The van der Waals surface area contributed by atoms with Gasteiger partial charge in [-0.15, -0.1) is 0 Å². The maximum atomic E-state index is 14.4. The minimum Gasteiger partial charge on any atom is -0.360 e. The van der Waals surface area contributed by atoms with Gasteiger partial charge >= 0.3 is 6.18 Å². The summed E-state index contributed by atoms with van der Waals surface area (Å²) < 4.78 is 80.6. The quantitative estimate of drug-likeness (QED) is 0.278. The molecule has 32 heavy (non-hydrogen) atoms. The Hall–Kier alpha value is -3.40. The van der Waals surface area contributed by atoms with E-state index in [1.165, 1.54) is 6.07 Å². The molecule has 1 N–H and O–H groups in total. The van der Waals surface area contributed by atoms with Gasteiger partial charge in [0.05, 0.1) is 16.6 Å². The van der Waals surface area contributed by atoms with Crippen LogP contribution in [0.1, 0.15) is 0 Å². The number of hydrogen-bond acceptors (Lipinski definition) is 4. The first-order valence-electron chi connectivity index (χ1n) is 9.01. The molecule has 0 saturated heterocycles. The first-order valence-corrected chi connectivity index (χ1v) is 9.39. The lowest BCUT2D eigenvalue weighted by Crippen LogP contribution is -2.22. The summed E-state index contributed by atoms with van der Waals surface area (Å²) >= 11 is 6.14. The fraction of sp³-hybridized carbons (Fsp3) is 0.0952. The average molecular weight is 469 g/mol. The molecule has 0 atom stereocenters. The zero-order valence-electron chi connectivity index (χ0n) is 15.8. The van der Waals surface area contributed by atoms with Crippen molar-refractivity contribution in [2.24, 2.45) is 0 Å². The average Bonchev–Trinajstić information content (AvgIpc) is 2.72. The van der Waals surface area contributed by atoms with Crippen LogP contribution in [0.5, 0.6) is 0 Å². The fourth-order valence-electron chi connectivity index (χ4n) is 3.05. The number of fused-ring (bicyclic) bond motifs is 1. The van der Waals surface area contributed by atoms with Crippen LogP contribution in [0.3, 0.4) is 0 Å². The molecule has 0 aliphatic rings. The number of nitrogens with zero attached hydrogens (tertiary/aromatic N) is 3. The highest BCUT2D eigenvalue weighted by molar-refractivity contribution is 6.32. The molecule has 0 aliphatic heterocycles. The van der Waals surface area contributed by atoms with Crippen LogP contribution in [0.25, 0.3) is 33.5 Å². The summed E-state index contributed by atoms with van der Waals surface area (Å²) in [5.74, 6) is -4.71. The van der Waals surface area contributed by atoms with E-state index >= 15 is 0 Å². The van der Waals surface area contributed by atoms with E-state index < -0.39 is 52.3 Å². The second-order valence-corrected chi connectivity index (χ2v) is 7.02. The molecular formula is C21H11ClF6N4. The highest BCUT2D eigenvalue weighted by Gasteiger charge is 2.29. The number of halogens is 7. The molecule has 0 aliphatic carbocycles. The highest BCUT2D eigenvalue weighted by atomic mass is 35.5. The van der Waals surface area contributed by atoms with Crippen molar-refractivity contribution in [1.82, 2.24) is 15.0 Å². The Balaban J connectivity index is 1.90. The number of pyridine rings is 1. The van der Waals surface area contributed by atoms with Crippen LogP contribution in [-0.2, 0) is 0 Å². The number of nitrogens with one attached hydrogen (secondary N) is 1. The second kappa shape index (κ2) is 8.27. The van der Waals surface area contributed by atoms with Crippen LogP contribution in [0, 0.1) is 17.5 Å². The summed E-state index contributed by atoms with van der Waals surface area (Å²) in [7, 11) is 0. The van der Waals surface area contributed by atoms with E-state index in [4.69, 9.17) is 11.6 Å². The Labute approximate surface area is 181 Å². The zero-order chi connectivity index (χ0) is 23.0. The van der Waals surface area contributed by atoms with Gasteiger partial charge in [-0.3, -0.25) is 0 Å². The van der Waals surface area contributed by atoms with Gasteiger partial charge in [0.1, 0.15) is 40.7 Å². The van der Waals surface area contributed by atoms with Gasteiger partial charge in [-0.2, -0.15) is 13.2 Å². The predicted octanol–water partition coefficient (Wildman–Crippen LogP) is 6.40. The minimum atomic E-state index is -4.67. The Morgan fingerprint density at radius 3 is 2.22 bits per heavy atom. The third-order valence-electron chi connectivity index (χ3n) is 4.41. The van der Waals surface area contributed by atoms with E-state index in [1.807, 2.05) is 5.32 Å². The molecule has 4 nitrogen and oxygen atoms in total. The van der Waals surface area contributed by atoms with Crippen molar-refractivity contribution in [1.29, 1.82) is 0 Å². The molecule has 0 bridgehead atoms. The van der Waals surface area contributed by atoms with Gasteiger partial charge in [0.25, 0.3) is 0 Å². The first kappa shape index (κ1) is 21.8. The molecule has 2 aromatic carbocycles. The standard InChI is InChI=1S/C21H11ClF6N4/c22-18-17(16-12(24)7-11(23)8-13(16)25)20(29-9-21(26,27)28)32-19(31-18)15-6-5-10-3-1-2-4-14(10)30-15/h1-8H,9H2,(H,29,31,32). The van der Waals surface area contributed by atoms with E-state index in [2.05, 4.69) is 15.0 Å². The summed E-state index contributed by atoms with van der Waals surface area (Å²) in [4.78, 5) is 12.3. The zero-order valence-corrected chi connectivity index (χ0v) is 16.6. The molecule has 2 heterocycles. The number of para-hydroxylation sites is 1. The van der Waals surface area contributed by atoms with Crippen molar-refractivity contribution < 1.29 is 26.3 Å². The highest BCUT2D eigenvalue weighted by Crippen LogP contribution is 2.38. The molecule has 0 spiro atoms. The van der Waals surface area contributed by atoms with Crippen LogP contribution in [0.4, 0.5) is 32.2 Å². The van der Waals surface area contributed by atoms with Crippen molar-refractivity contribution in [2.45, 2.75) is 6.18 Å². The summed E-state index contributed by atoms with van der Waals surface area (Å²) in [6, 6.07) is 11.0. The van der Waals surface area contributed by atoms with E-state index in [1.54, 1.807) is 30.3 Å². The number of anilines is 1. The molecule has 11 heteroatoms. The summed E-state index contributed by atoms with van der Waals surface area (Å²) in [5, 5.41) is 2.25. The summed E-state index contributed by atoms with van der Waals surface area (Å²) in [6.07, 6.45) is -4.67. The number of alkyl halides is 3. The molecule has 0 fully saturated rings. The monoisotopic (exact) mass is 468 g/mol. The van der Waals surface area contributed by atoms with Gasteiger partial charge in [0.15, 0.2) is 5.82 Å². The SMILES string of the molecule is Fc1cc(F)c(-c2c(Cl)nc(-c3ccc4ccccc4n3)nc2NCC(F)(F)F)c(F)c1. The van der Waals surface area contributed by atoms with Crippen molar-refractivity contribution in [3.63, 3.8) is 0 Å². The molecule has 0 amide bonds. The van der Waals surface area contributed by atoms with Crippen molar-refractivity contribution in [3.8, 4) is 22.6 Å². The molecule has 0 unspecified atom stereocenters. The van der Waals surface area contributed by atoms with Crippen LogP contribution < -0.4 is 5.32 Å². The Bertz CT molecular complexity index is 1300. The molecule has 4 aromatic rings. The Morgan fingerprint density at radius 1 is 0.844 bits per heavy atom. The maximum Gasteiger partial charge on any atom is 0.405 e. The van der Waals surface area contributed by atoms with Crippen molar-refractivity contribution >= 4 is 28.3 Å². The molecule has 0 saturated carbocycles. The van der Waals surface area contributed by atoms with Gasteiger partial charge in [0, 0.05) is 17.5 Å². The lowest BCUT2D eigenvalue weighted by Gasteiger charge is -2.16. The second-order valence-electron chi connectivity index (χ2n) is 6.66. The Morgan fingerprint density at radius 2 is 1.53 bits per heavy atom. The smallest absolute Gasteiger partial charge is 0.360 e. The Kier molecular flexibility index (Phi) is 5.64. The van der Waals surface area contributed by atoms with Crippen LogP contribution in [-0.4, -0.2) is 27.7 Å². The largest absolute Gasteiger partial charge is 0.405 e. The predicted molar refractivity (Wildman–Crippen MR) is 108 cm³/mol. The van der Waals surface area contributed by atoms with Crippen molar-refractivity contribution in [2.75, 3.05) is 11.9 Å². The van der Waals surface area contributed by atoms with Gasteiger partial charge < -0.3 is 5.32 Å². The van der Waals surface area contributed by atoms with Crippen molar-refractivity contribution in [3.05, 3.63) is 71.1 Å². The number of benzene rings is 2. The molecule has 0 radical (unpaired) electrons. The number of hydrogen-bond donors (Lipinski definition) is 1. The molecule has 2 aromatic heterocycles. The molecular weight excluding hydrogens is 458 g/mol. The van der Waals surface area contributed by atoms with E-state index in [0.717, 1.165) is 5.39 Å². The number of aromatic nitrogens is 3. The molecule has 164 valence electrons. The van der Waals surface area contributed by atoms with Gasteiger partial charge in [-0.1, -0.05) is 35.9 Å². The topological polar surface area (TPSA) is 50.7 Å². The first-order chi connectivity index (χ1) is 15.1. The maximum absolute atomic E-state index is 14.4.